The average molecular weight is 1100 g/mol. The number of anilines is 4. The monoisotopic (exact) mass is 1090 g/mol. The molecular formula is C78H86N4O. The maximum atomic E-state index is 7.51. The van der Waals surface area contributed by atoms with E-state index in [4.69, 9.17) is 9.72 Å². The van der Waals surface area contributed by atoms with Gasteiger partial charge in [0, 0.05) is 51.3 Å². The van der Waals surface area contributed by atoms with E-state index in [2.05, 4.69) is 314 Å². The van der Waals surface area contributed by atoms with Crippen molar-refractivity contribution >= 4 is 44.6 Å². The highest BCUT2D eigenvalue weighted by molar-refractivity contribution is 6.12. The Labute approximate surface area is 496 Å². The molecule has 0 unspecified atom stereocenters. The Hall–Kier alpha value is -7.89. The van der Waals surface area contributed by atoms with Crippen molar-refractivity contribution in [1.82, 2.24) is 9.55 Å². The molecule has 0 saturated carbocycles. The topological polar surface area (TPSA) is 33.5 Å². The molecule has 8 aromatic carbocycles. The van der Waals surface area contributed by atoms with Crippen molar-refractivity contribution in [2.24, 2.45) is 0 Å². The van der Waals surface area contributed by atoms with Gasteiger partial charge in [-0.05, 0) is 150 Å². The molecule has 0 spiro atoms. The van der Waals surface area contributed by atoms with E-state index in [-0.39, 0.29) is 21.7 Å². The Bertz CT molecular complexity index is 4020. The summed E-state index contributed by atoms with van der Waals surface area (Å²) in [5.74, 6) is 3.15. The third-order valence-electron chi connectivity index (χ3n) is 17.9. The SMILES string of the molecule is CC(C)c1cccc(C(C)C)c1-c1ccc2c(c1)N(c1cc(Oc3cc(C(C)(C)c4ccccc4)c4c5ccccc5n(-c5cc(C(C)(C)C)ccn5)c4c3)cc(C(C)(C)C)c1)CN2c1cc(C(C)(C)C)cc(C(C)(C)c2ccccc2)c1. The summed E-state index contributed by atoms with van der Waals surface area (Å²) in [5.41, 5.74) is 19.8. The number of pyridine rings is 1. The molecule has 0 atom stereocenters. The van der Waals surface area contributed by atoms with Crippen molar-refractivity contribution in [1.29, 1.82) is 0 Å². The fraction of sp³-hybridized carbons (Fsp3) is 0.321. The van der Waals surface area contributed by atoms with E-state index in [0.29, 0.717) is 18.5 Å². The van der Waals surface area contributed by atoms with E-state index in [1.165, 1.54) is 89.0 Å². The molecule has 0 amide bonds. The number of hydrogen-bond donors (Lipinski definition) is 0. The number of aromatic nitrogens is 2. The first-order chi connectivity index (χ1) is 39.2. The third kappa shape index (κ3) is 10.7. The molecule has 1 aliphatic rings. The quantitative estimate of drug-likeness (QED) is 0.122. The van der Waals surface area contributed by atoms with Crippen LogP contribution < -0.4 is 14.5 Å². The van der Waals surface area contributed by atoms with Crippen LogP contribution in [0, 0.1) is 0 Å². The molecule has 0 aliphatic carbocycles. The Morgan fingerprint density at radius 3 is 1.58 bits per heavy atom. The minimum absolute atomic E-state index is 0.0658. The zero-order valence-electron chi connectivity index (χ0n) is 52.5. The number of rotatable bonds is 12. The van der Waals surface area contributed by atoms with Gasteiger partial charge in [0.15, 0.2) is 0 Å². The van der Waals surface area contributed by atoms with E-state index >= 15 is 0 Å². The van der Waals surface area contributed by atoms with Gasteiger partial charge in [-0.15, -0.1) is 0 Å². The van der Waals surface area contributed by atoms with E-state index in [1.54, 1.807) is 0 Å². The molecule has 0 saturated heterocycles. The summed E-state index contributed by atoms with van der Waals surface area (Å²) in [6.45, 7) is 40.1. The second kappa shape index (κ2) is 21.1. The summed E-state index contributed by atoms with van der Waals surface area (Å²) in [6, 6.07) is 68.1. The second-order valence-corrected chi connectivity index (χ2v) is 28.3. The number of nitrogens with zero attached hydrogens (tertiary/aromatic N) is 4. The van der Waals surface area contributed by atoms with Crippen LogP contribution in [0.3, 0.4) is 0 Å². The van der Waals surface area contributed by atoms with Gasteiger partial charge in [-0.2, -0.15) is 0 Å². The van der Waals surface area contributed by atoms with Crippen molar-refractivity contribution in [3.05, 3.63) is 238 Å². The number of para-hydroxylation sites is 1. The molecule has 0 fully saturated rings. The Morgan fingerprint density at radius 1 is 0.422 bits per heavy atom. The summed E-state index contributed by atoms with van der Waals surface area (Å²) >= 11 is 0. The fourth-order valence-electron chi connectivity index (χ4n) is 12.6. The van der Waals surface area contributed by atoms with Crippen molar-refractivity contribution in [3.8, 4) is 28.4 Å². The standard InChI is InChI=1S/C78H86N4O/c1-50(2)63-32-26-33-64(51(3)4)72(63)52-35-36-68-69(39-52)81(49-80(68)59-41-56(75(8,9)10)40-58(43-59)77(14,15)53-27-20-18-21-28-53)60-42-57(76(11,12)13)44-61(46-60)83-62-47-66(78(16,17)54-29-22-19-23-30-54)73-65-31-24-25-34-67(65)82(70(73)48-62)71-45-55(37-38-79-71)74(5,6)7/h18-48,50-51H,49H2,1-17H3. The Kier molecular flexibility index (Phi) is 14.5. The lowest BCUT2D eigenvalue weighted by molar-refractivity contribution is 0.477. The van der Waals surface area contributed by atoms with Crippen molar-refractivity contribution in [2.75, 3.05) is 16.5 Å². The molecule has 0 N–H and O–H groups in total. The minimum atomic E-state index is -0.405. The lowest BCUT2D eigenvalue weighted by Crippen LogP contribution is -2.26. The van der Waals surface area contributed by atoms with Crippen LogP contribution in [0.4, 0.5) is 22.7 Å². The number of benzene rings is 8. The summed E-state index contributed by atoms with van der Waals surface area (Å²) in [7, 11) is 0. The lowest BCUT2D eigenvalue weighted by Gasteiger charge is -2.32. The molecule has 5 nitrogen and oxygen atoms in total. The molecule has 5 heteroatoms. The Morgan fingerprint density at radius 2 is 0.964 bits per heavy atom. The number of hydrogen-bond acceptors (Lipinski definition) is 4. The summed E-state index contributed by atoms with van der Waals surface area (Å²) in [4.78, 5) is 10.2. The predicted octanol–water partition coefficient (Wildman–Crippen LogP) is 21.7. The summed E-state index contributed by atoms with van der Waals surface area (Å²) in [6.07, 6.45) is 1.96. The number of fused-ring (bicyclic) bond motifs is 4. The summed E-state index contributed by atoms with van der Waals surface area (Å²) in [5, 5.41) is 2.38. The first-order valence-electron chi connectivity index (χ1n) is 30.2. The molecule has 0 radical (unpaired) electrons. The Balaban J connectivity index is 1.13. The van der Waals surface area contributed by atoms with E-state index in [0.717, 1.165) is 34.0 Å². The van der Waals surface area contributed by atoms with E-state index < -0.39 is 5.41 Å². The van der Waals surface area contributed by atoms with Gasteiger partial charge in [0.2, 0.25) is 0 Å². The average Bonchev–Trinajstić information content (AvgIpc) is 2.76. The van der Waals surface area contributed by atoms with Crippen LogP contribution in [0.2, 0.25) is 0 Å². The maximum absolute atomic E-state index is 7.51. The summed E-state index contributed by atoms with van der Waals surface area (Å²) < 4.78 is 9.86. The highest BCUT2D eigenvalue weighted by atomic mass is 16.5. The molecule has 1 aliphatic heterocycles. The molecular weight excluding hydrogens is 1010 g/mol. The van der Waals surface area contributed by atoms with Gasteiger partial charge in [0.1, 0.15) is 24.0 Å². The van der Waals surface area contributed by atoms with Crippen molar-refractivity contribution < 1.29 is 4.74 Å². The van der Waals surface area contributed by atoms with Crippen molar-refractivity contribution in [3.63, 3.8) is 0 Å². The minimum Gasteiger partial charge on any atom is -0.457 e. The second-order valence-electron chi connectivity index (χ2n) is 28.3. The van der Waals surface area contributed by atoms with Gasteiger partial charge in [-0.1, -0.05) is 227 Å². The van der Waals surface area contributed by atoms with Crippen LogP contribution in [-0.4, -0.2) is 16.2 Å². The zero-order valence-corrected chi connectivity index (χ0v) is 52.5. The zero-order chi connectivity index (χ0) is 59.1. The first-order valence-corrected chi connectivity index (χ1v) is 30.2. The van der Waals surface area contributed by atoms with Crippen LogP contribution in [-0.2, 0) is 27.1 Å². The van der Waals surface area contributed by atoms with E-state index in [1.807, 2.05) is 6.20 Å². The van der Waals surface area contributed by atoms with Gasteiger partial charge in [-0.3, -0.25) is 4.57 Å². The molecule has 2 aromatic heterocycles. The van der Waals surface area contributed by atoms with Gasteiger partial charge in [0.25, 0.3) is 0 Å². The van der Waals surface area contributed by atoms with Crippen LogP contribution in [0.15, 0.2) is 188 Å². The third-order valence-corrected chi connectivity index (χ3v) is 17.9. The molecule has 0 bridgehead atoms. The normalized spacial score (nSPS) is 13.5. The largest absolute Gasteiger partial charge is 0.457 e. The molecule has 424 valence electrons. The van der Waals surface area contributed by atoms with Crippen LogP contribution in [0.5, 0.6) is 11.5 Å². The fourth-order valence-corrected chi connectivity index (χ4v) is 12.6. The lowest BCUT2D eigenvalue weighted by atomic mass is 9.75. The van der Waals surface area contributed by atoms with Crippen LogP contribution in [0.25, 0.3) is 38.8 Å². The molecule has 83 heavy (non-hydrogen) atoms. The van der Waals surface area contributed by atoms with Crippen LogP contribution >= 0.6 is 0 Å². The highest BCUT2D eigenvalue weighted by Crippen LogP contribution is 2.51. The van der Waals surface area contributed by atoms with Gasteiger partial charge >= 0.3 is 0 Å². The molecule has 11 rings (SSSR count). The van der Waals surface area contributed by atoms with Crippen molar-refractivity contribution in [2.45, 2.75) is 157 Å². The van der Waals surface area contributed by atoms with Gasteiger partial charge in [-0.25, -0.2) is 4.98 Å². The van der Waals surface area contributed by atoms with E-state index in [9.17, 15) is 0 Å². The van der Waals surface area contributed by atoms with Crippen LogP contribution in [0.1, 0.15) is 180 Å². The molecule has 10 aromatic rings. The predicted molar refractivity (Wildman–Crippen MR) is 354 cm³/mol. The first kappa shape index (κ1) is 56.9. The molecule has 3 heterocycles. The maximum Gasteiger partial charge on any atom is 0.137 e. The van der Waals surface area contributed by atoms with Gasteiger partial charge in [0.05, 0.1) is 22.4 Å². The number of ether oxygens (including phenoxy) is 1. The highest BCUT2D eigenvalue weighted by Gasteiger charge is 2.35. The van der Waals surface area contributed by atoms with Gasteiger partial charge < -0.3 is 14.5 Å². The smallest absolute Gasteiger partial charge is 0.137 e.